The first kappa shape index (κ1) is 14.3. The molecule has 1 aliphatic heterocycles. The van der Waals surface area contributed by atoms with Gasteiger partial charge in [-0.2, -0.15) is 0 Å². The van der Waals surface area contributed by atoms with E-state index >= 15 is 0 Å². The summed E-state index contributed by atoms with van der Waals surface area (Å²) in [6, 6.07) is 4.95. The molecule has 1 aliphatic rings. The molecule has 1 aromatic rings. The molecule has 19 heavy (non-hydrogen) atoms. The summed E-state index contributed by atoms with van der Waals surface area (Å²) in [5, 5.41) is 3.85. The van der Waals surface area contributed by atoms with Gasteiger partial charge in [0.25, 0.3) is 0 Å². The fourth-order valence-corrected chi connectivity index (χ4v) is 2.61. The van der Waals surface area contributed by atoms with Crippen molar-refractivity contribution in [3.63, 3.8) is 0 Å². The molecule has 0 aliphatic carbocycles. The number of carbonyl (C=O) groups excluding carboxylic acids is 1. The van der Waals surface area contributed by atoms with E-state index in [1.807, 2.05) is 19.1 Å². The number of ether oxygens (including phenoxy) is 1. The Hall–Kier alpha value is -1.10. The molecule has 0 radical (unpaired) electrons. The Labute approximate surface area is 118 Å². The van der Waals surface area contributed by atoms with Gasteiger partial charge in [0.05, 0.1) is 6.10 Å². The third kappa shape index (κ3) is 3.69. The van der Waals surface area contributed by atoms with Crippen LogP contribution in [-0.2, 0) is 9.53 Å². The van der Waals surface area contributed by atoms with E-state index in [1.54, 1.807) is 6.07 Å². The number of nitrogens with two attached hydrogens (primary N) is 1. The van der Waals surface area contributed by atoms with Crippen LogP contribution in [0.1, 0.15) is 30.0 Å². The molecule has 4 nitrogen and oxygen atoms in total. The number of rotatable bonds is 5. The van der Waals surface area contributed by atoms with Crippen LogP contribution < -0.4 is 11.1 Å². The van der Waals surface area contributed by atoms with Crippen molar-refractivity contribution < 1.29 is 9.53 Å². The average Bonchev–Trinajstić information content (AvgIpc) is 2.84. The van der Waals surface area contributed by atoms with Crippen LogP contribution in [0, 0.1) is 6.92 Å². The van der Waals surface area contributed by atoms with Gasteiger partial charge in [0.15, 0.2) is 0 Å². The van der Waals surface area contributed by atoms with Crippen molar-refractivity contribution in [2.75, 3.05) is 13.2 Å². The lowest BCUT2D eigenvalue weighted by atomic mass is 10.0. The summed E-state index contributed by atoms with van der Waals surface area (Å²) in [4.78, 5) is 11.6. The quantitative estimate of drug-likeness (QED) is 0.867. The summed E-state index contributed by atoms with van der Waals surface area (Å²) in [5.74, 6) is -0.386. The highest BCUT2D eigenvalue weighted by molar-refractivity contribution is 6.30. The Balaban J connectivity index is 2.08. The van der Waals surface area contributed by atoms with E-state index in [0.717, 1.165) is 30.6 Å². The standard InChI is InChI=1S/C14H19ClN2O2/c1-9-7-10(15)4-5-12(9)13(14(16)18)17-8-11-3-2-6-19-11/h4-5,7,11,13,17H,2-3,6,8H2,1H3,(H2,16,18). The second-order valence-corrected chi connectivity index (χ2v) is 5.32. The minimum absolute atomic E-state index is 0.175. The molecule has 1 saturated heterocycles. The Bertz CT molecular complexity index is 459. The number of benzene rings is 1. The molecule has 0 saturated carbocycles. The number of carbonyl (C=O) groups is 1. The Morgan fingerprint density at radius 2 is 2.42 bits per heavy atom. The summed E-state index contributed by atoms with van der Waals surface area (Å²) in [6.07, 6.45) is 2.28. The van der Waals surface area contributed by atoms with Gasteiger partial charge in [0, 0.05) is 18.2 Å². The molecule has 2 unspecified atom stereocenters. The highest BCUT2D eigenvalue weighted by Gasteiger charge is 2.22. The molecule has 104 valence electrons. The van der Waals surface area contributed by atoms with Crippen LogP contribution in [0.2, 0.25) is 5.02 Å². The lowest BCUT2D eigenvalue weighted by molar-refractivity contribution is -0.120. The number of primary amides is 1. The highest BCUT2D eigenvalue weighted by Crippen LogP contribution is 2.22. The van der Waals surface area contributed by atoms with Gasteiger partial charge in [0.2, 0.25) is 5.91 Å². The lowest BCUT2D eigenvalue weighted by Crippen LogP contribution is -2.38. The van der Waals surface area contributed by atoms with Crippen LogP contribution in [0.5, 0.6) is 0 Å². The summed E-state index contributed by atoms with van der Waals surface area (Å²) in [7, 11) is 0. The van der Waals surface area contributed by atoms with Crippen LogP contribution >= 0.6 is 11.6 Å². The second-order valence-electron chi connectivity index (χ2n) is 4.88. The molecule has 2 atom stereocenters. The van der Waals surface area contributed by atoms with Crippen molar-refractivity contribution in [2.24, 2.45) is 5.73 Å². The first-order valence-corrected chi connectivity index (χ1v) is 6.86. The first-order valence-electron chi connectivity index (χ1n) is 6.48. The van der Waals surface area contributed by atoms with E-state index in [9.17, 15) is 4.79 Å². The van der Waals surface area contributed by atoms with Gasteiger partial charge in [0.1, 0.15) is 6.04 Å². The largest absolute Gasteiger partial charge is 0.377 e. The third-order valence-corrected chi connectivity index (χ3v) is 3.64. The molecule has 5 heteroatoms. The van der Waals surface area contributed by atoms with E-state index in [0.29, 0.717) is 11.6 Å². The van der Waals surface area contributed by atoms with Crippen LogP contribution in [0.15, 0.2) is 18.2 Å². The van der Waals surface area contributed by atoms with Crippen molar-refractivity contribution >= 4 is 17.5 Å². The number of nitrogens with one attached hydrogen (secondary N) is 1. The normalized spacial score (nSPS) is 20.4. The van der Waals surface area contributed by atoms with Crippen molar-refractivity contribution in [1.29, 1.82) is 0 Å². The predicted molar refractivity (Wildman–Crippen MR) is 75.1 cm³/mol. The summed E-state index contributed by atoms with van der Waals surface area (Å²) >= 11 is 5.93. The fourth-order valence-electron chi connectivity index (χ4n) is 2.38. The van der Waals surface area contributed by atoms with E-state index < -0.39 is 6.04 Å². The maximum Gasteiger partial charge on any atom is 0.239 e. The first-order chi connectivity index (χ1) is 9.08. The molecule has 0 aromatic heterocycles. The number of hydrogen-bond acceptors (Lipinski definition) is 3. The maximum atomic E-state index is 11.6. The van der Waals surface area contributed by atoms with Gasteiger partial charge < -0.3 is 10.5 Å². The molecule has 0 spiro atoms. The summed E-state index contributed by atoms with van der Waals surface area (Å²) in [6.45, 7) is 3.36. The zero-order valence-corrected chi connectivity index (χ0v) is 11.7. The number of halogens is 1. The number of aryl methyl sites for hydroxylation is 1. The molecule has 2 rings (SSSR count). The molecule has 1 fully saturated rings. The molecule has 1 amide bonds. The van der Waals surface area contributed by atoms with Gasteiger partial charge in [-0.3, -0.25) is 10.1 Å². The van der Waals surface area contributed by atoms with E-state index in [4.69, 9.17) is 22.1 Å². The third-order valence-electron chi connectivity index (χ3n) is 3.40. The van der Waals surface area contributed by atoms with Gasteiger partial charge in [-0.15, -0.1) is 0 Å². The van der Waals surface area contributed by atoms with Crippen molar-refractivity contribution in [3.05, 3.63) is 34.3 Å². The van der Waals surface area contributed by atoms with E-state index in [1.165, 1.54) is 0 Å². The average molecular weight is 283 g/mol. The number of amides is 1. The predicted octanol–water partition coefficient (Wildman–Crippen LogP) is 1.94. The zero-order chi connectivity index (χ0) is 13.8. The van der Waals surface area contributed by atoms with Crippen molar-refractivity contribution in [2.45, 2.75) is 31.9 Å². The molecule has 1 heterocycles. The van der Waals surface area contributed by atoms with Crippen molar-refractivity contribution in [1.82, 2.24) is 5.32 Å². The Morgan fingerprint density at radius 1 is 1.63 bits per heavy atom. The smallest absolute Gasteiger partial charge is 0.239 e. The molecule has 0 bridgehead atoms. The van der Waals surface area contributed by atoms with E-state index in [-0.39, 0.29) is 12.0 Å². The van der Waals surface area contributed by atoms with Gasteiger partial charge >= 0.3 is 0 Å². The lowest BCUT2D eigenvalue weighted by Gasteiger charge is -2.20. The zero-order valence-electron chi connectivity index (χ0n) is 11.0. The van der Waals surface area contributed by atoms with Crippen LogP contribution in [0.25, 0.3) is 0 Å². The van der Waals surface area contributed by atoms with Crippen LogP contribution in [0.4, 0.5) is 0 Å². The van der Waals surface area contributed by atoms with E-state index in [2.05, 4.69) is 5.32 Å². The van der Waals surface area contributed by atoms with Gasteiger partial charge in [-0.1, -0.05) is 17.7 Å². The molecule has 3 N–H and O–H groups in total. The SMILES string of the molecule is Cc1cc(Cl)ccc1C(NCC1CCCO1)C(N)=O. The maximum absolute atomic E-state index is 11.6. The topological polar surface area (TPSA) is 64.3 Å². The molecular weight excluding hydrogens is 264 g/mol. The minimum Gasteiger partial charge on any atom is -0.377 e. The molecular formula is C14H19ClN2O2. The fraction of sp³-hybridized carbons (Fsp3) is 0.500. The molecule has 1 aromatic carbocycles. The monoisotopic (exact) mass is 282 g/mol. The van der Waals surface area contributed by atoms with Crippen LogP contribution in [-0.4, -0.2) is 25.2 Å². The summed E-state index contributed by atoms with van der Waals surface area (Å²) < 4.78 is 5.53. The van der Waals surface area contributed by atoms with Crippen LogP contribution in [0.3, 0.4) is 0 Å². The van der Waals surface area contributed by atoms with Crippen molar-refractivity contribution in [3.8, 4) is 0 Å². The highest BCUT2D eigenvalue weighted by atomic mass is 35.5. The van der Waals surface area contributed by atoms with Gasteiger partial charge in [-0.05, 0) is 43.0 Å². The Kier molecular flexibility index (Phi) is 4.80. The Morgan fingerprint density at radius 3 is 3.00 bits per heavy atom. The summed E-state index contributed by atoms with van der Waals surface area (Å²) in [5.41, 5.74) is 7.31. The van der Waals surface area contributed by atoms with Gasteiger partial charge in [-0.25, -0.2) is 0 Å². The second kappa shape index (κ2) is 6.37. The minimum atomic E-state index is -0.499. The number of hydrogen-bond donors (Lipinski definition) is 2.